The molecule has 0 saturated heterocycles. The number of pyridine rings is 4. The number of unbranched alkanes of at least 4 members (excludes halogenated alkanes) is 15. The van der Waals surface area contributed by atoms with Crippen LogP contribution in [-0.4, -0.2) is 19.9 Å². The van der Waals surface area contributed by atoms with Gasteiger partial charge in [-0.05, 0) is 203 Å². The van der Waals surface area contributed by atoms with Gasteiger partial charge in [-0.1, -0.05) is 377 Å². The summed E-state index contributed by atoms with van der Waals surface area (Å²) in [5.41, 5.74) is 30.4. The molecule has 0 unspecified atom stereocenters. The molecule has 0 spiro atoms. The van der Waals surface area contributed by atoms with Gasteiger partial charge in [0.15, 0.2) is 0 Å². The first kappa shape index (κ1) is 84.4. The highest BCUT2D eigenvalue weighted by atomic mass is 14.7. The minimum Gasteiger partial charge on any atom is -0.261 e. The lowest BCUT2D eigenvalue weighted by atomic mass is 9.99. The highest BCUT2D eigenvalue weighted by Gasteiger charge is 2.09. The molecule has 0 bridgehead atoms. The molecule has 0 N–H and O–H groups in total. The molecule has 4 aromatic heterocycles. The lowest BCUT2D eigenvalue weighted by molar-refractivity contribution is 0.667. The van der Waals surface area contributed by atoms with E-state index in [1.165, 1.54) is 289 Å². The normalized spacial score (nSPS) is 10.9. The monoisotopic (exact) mass is 1460 g/mol. The molecule has 0 amide bonds. The molecular weight excluding hydrogens is 1330 g/mol. The predicted octanol–water partition coefficient (Wildman–Crippen LogP) is 30.7. The van der Waals surface area contributed by atoms with E-state index in [4.69, 9.17) is 0 Å². The fourth-order valence-electron chi connectivity index (χ4n) is 14.1. The van der Waals surface area contributed by atoms with E-state index in [9.17, 15) is 0 Å². The highest BCUT2D eigenvalue weighted by Crippen LogP contribution is 2.31. The number of benzene rings is 8. The summed E-state index contributed by atoms with van der Waals surface area (Å²) < 4.78 is 0. The SMILES string of the molecule is CCCCCCc1ccc(-c2ccc(-c3ccc(CC)nc3)cc2)cc1.CCCCCCc1ccc(-c2ccc(-c3ccc(CCC)nc3)cc2)cc1.CCCCCCc1ccc(-c2ccc(-c3ccc(CCCC)nc3)cc2)cc1.CCCCCCc1ccc(-c2ccc(-c3ccc(CCCCC)nc3)cc2)cc1. The Morgan fingerprint density at radius 2 is 0.327 bits per heavy atom. The molecule has 110 heavy (non-hydrogen) atoms. The zero-order valence-corrected chi connectivity index (χ0v) is 68.4. The number of hydrogen-bond acceptors (Lipinski definition) is 4. The van der Waals surface area contributed by atoms with Gasteiger partial charge in [-0.2, -0.15) is 0 Å². The van der Waals surface area contributed by atoms with Gasteiger partial charge in [0, 0.05) is 69.8 Å². The number of aryl methyl sites for hydroxylation is 8. The molecule has 0 radical (unpaired) electrons. The molecule has 0 aliphatic carbocycles. The van der Waals surface area contributed by atoms with Gasteiger partial charge in [0.2, 0.25) is 0 Å². The van der Waals surface area contributed by atoms with E-state index >= 15 is 0 Å². The molecule has 0 atom stereocenters. The van der Waals surface area contributed by atoms with Gasteiger partial charge in [0.1, 0.15) is 0 Å². The Kier molecular flexibility index (Phi) is 37.4. The largest absolute Gasteiger partial charge is 0.261 e. The van der Waals surface area contributed by atoms with Crippen LogP contribution in [0.5, 0.6) is 0 Å². The van der Waals surface area contributed by atoms with Crippen LogP contribution in [0.4, 0.5) is 0 Å². The fourth-order valence-corrected chi connectivity index (χ4v) is 14.1. The summed E-state index contributed by atoms with van der Waals surface area (Å²) in [5.74, 6) is 0. The zero-order valence-electron chi connectivity index (χ0n) is 68.4. The third-order valence-electron chi connectivity index (χ3n) is 21.3. The van der Waals surface area contributed by atoms with Crippen LogP contribution in [0.3, 0.4) is 0 Å². The van der Waals surface area contributed by atoms with Crippen molar-refractivity contribution in [2.45, 2.75) is 248 Å². The summed E-state index contributed by atoms with van der Waals surface area (Å²) in [5, 5.41) is 0. The van der Waals surface area contributed by atoms with Gasteiger partial charge in [-0.3, -0.25) is 19.9 Å². The second-order valence-corrected chi connectivity index (χ2v) is 30.2. The molecule has 0 aliphatic heterocycles. The Hall–Kier alpha value is -9.64. The first-order chi connectivity index (χ1) is 54.2. The summed E-state index contributed by atoms with van der Waals surface area (Å²) in [7, 11) is 0. The topological polar surface area (TPSA) is 51.6 Å². The molecular formula is C106H128N4. The van der Waals surface area contributed by atoms with Crippen LogP contribution in [-0.2, 0) is 51.4 Å². The van der Waals surface area contributed by atoms with E-state index in [1.807, 2.05) is 24.8 Å². The van der Waals surface area contributed by atoms with E-state index in [0.717, 1.165) is 37.8 Å². The van der Waals surface area contributed by atoms with Crippen LogP contribution >= 0.6 is 0 Å². The van der Waals surface area contributed by atoms with Crippen molar-refractivity contribution in [3.05, 3.63) is 312 Å². The van der Waals surface area contributed by atoms with Crippen LogP contribution in [0.25, 0.3) is 89.0 Å². The van der Waals surface area contributed by atoms with Gasteiger partial charge >= 0.3 is 0 Å². The van der Waals surface area contributed by atoms with Crippen LogP contribution in [0.2, 0.25) is 0 Å². The molecule has 4 nitrogen and oxygen atoms in total. The molecule has 0 fully saturated rings. The third kappa shape index (κ3) is 28.7. The number of aromatic nitrogens is 4. The van der Waals surface area contributed by atoms with Crippen molar-refractivity contribution in [3.8, 4) is 89.0 Å². The molecule has 8 aromatic carbocycles. The highest BCUT2D eigenvalue weighted by molar-refractivity contribution is 5.74. The summed E-state index contributed by atoms with van der Waals surface area (Å²) in [4.78, 5) is 18.3. The molecule has 0 aliphatic rings. The molecule has 12 rings (SSSR count). The lowest BCUT2D eigenvalue weighted by Gasteiger charge is -2.07. The Morgan fingerprint density at radius 1 is 0.145 bits per heavy atom. The van der Waals surface area contributed by atoms with Gasteiger partial charge in [-0.25, -0.2) is 0 Å². The van der Waals surface area contributed by atoms with Crippen LogP contribution < -0.4 is 0 Å². The van der Waals surface area contributed by atoms with Crippen LogP contribution in [0.15, 0.2) is 267 Å². The predicted molar refractivity (Wildman–Crippen MR) is 477 cm³/mol. The van der Waals surface area contributed by atoms with Crippen molar-refractivity contribution < 1.29 is 0 Å². The molecule has 0 saturated carbocycles. The standard InChI is InChI=1S/C28H35N.C27H33N.C26H31N.C25H29N/c1-3-5-7-9-10-23-12-14-24(15-13-23)25-16-18-26(19-17-25)27-20-21-28(29-22-27)11-8-6-4-2;1-3-5-7-8-9-22-11-13-23(14-12-22)24-15-17-25(18-16-24)26-19-20-27(28-21-26)10-6-4-2;1-3-5-6-7-9-21-10-12-22(13-11-21)23-14-16-24(17-15-23)25-18-19-26(8-4-2)27-20-25;1-3-5-6-7-8-20-9-11-21(12-10-20)22-13-15-23(16-14-22)24-17-18-25(4-2)26-19-24/h12-22H,3-11H2,1-2H3;11-21H,3-10H2,1-2H3;10-20H,3-9H2,1-2H3;9-19H,3-8H2,1-2H3. The maximum atomic E-state index is 4.65. The van der Waals surface area contributed by atoms with Gasteiger partial charge in [0.05, 0.1) is 0 Å². The Bertz CT molecular complexity index is 4390. The summed E-state index contributed by atoms with van der Waals surface area (Å²) in [6, 6.07) is 89.0. The minimum atomic E-state index is 0.980. The molecule has 4 heteroatoms. The Labute approximate surface area is 665 Å². The van der Waals surface area contributed by atoms with Crippen molar-refractivity contribution in [2.75, 3.05) is 0 Å². The summed E-state index contributed by atoms with van der Waals surface area (Å²) in [6.07, 6.45) is 45.4. The summed E-state index contributed by atoms with van der Waals surface area (Å²) in [6.45, 7) is 17.8. The van der Waals surface area contributed by atoms with Crippen molar-refractivity contribution in [3.63, 3.8) is 0 Å². The van der Waals surface area contributed by atoms with Crippen molar-refractivity contribution in [2.24, 2.45) is 0 Å². The molecule has 12 aromatic rings. The van der Waals surface area contributed by atoms with Gasteiger partial charge in [0.25, 0.3) is 0 Å². The second-order valence-electron chi connectivity index (χ2n) is 30.2. The maximum absolute atomic E-state index is 4.65. The minimum absolute atomic E-state index is 0.980. The van der Waals surface area contributed by atoms with Gasteiger partial charge in [-0.15, -0.1) is 0 Å². The van der Waals surface area contributed by atoms with Crippen LogP contribution in [0.1, 0.15) is 242 Å². The second kappa shape index (κ2) is 48.8. The van der Waals surface area contributed by atoms with Crippen molar-refractivity contribution >= 4 is 0 Å². The average Bonchev–Trinajstić information content (AvgIpc) is 0.848. The van der Waals surface area contributed by atoms with Crippen LogP contribution in [0, 0.1) is 0 Å². The van der Waals surface area contributed by atoms with E-state index < -0.39 is 0 Å². The fraction of sp³-hybridized carbons (Fsp3) is 0.358. The van der Waals surface area contributed by atoms with Crippen molar-refractivity contribution in [1.29, 1.82) is 0 Å². The Balaban J connectivity index is 0.000000169. The smallest absolute Gasteiger partial charge is 0.0404 e. The molecule has 4 heterocycles. The van der Waals surface area contributed by atoms with E-state index in [0.29, 0.717) is 0 Å². The van der Waals surface area contributed by atoms with Gasteiger partial charge < -0.3 is 0 Å². The van der Waals surface area contributed by atoms with E-state index in [-0.39, 0.29) is 0 Å². The quantitative estimate of drug-likeness (QED) is 0.0362. The summed E-state index contributed by atoms with van der Waals surface area (Å²) >= 11 is 0. The lowest BCUT2D eigenvalue weighted by Crippen LogP contribution is -1.90. The zero-order chi connectivity index (χ0) is 77.0. The van der Waals surface area contributed by atoms with E-state index in [2.05, 4.69) is 318 Å². The average molecular weight is 1460 g/mol. The first-order valence-corrected chi connectivity index (χ1v) is 42.8. The maximum Gasteiger partial charge on any atom is 0.0404 e. The molecule has 572 valence electrons. The first-order valence-electron chi connectivity index (χ1n) is 42.8. The number of rotatable bonds is 38. The third-order valence-corrected chi connectivity index (χ3v) is 21.3. The Morgan fingerprint density at radius 3 is 0.536 bits per heavy atom. The number of hydrogen-bond donors (Lipinski definition) is 0. The number of nitrogens with zero attached hydrogens (tertiary/aromatic N) is 4. The van der Waals surface area contributed by atoms with Crippen molar-refractivity contribution in [1.82, 2.24) is 19.9 Å². The van der Waals surface area contributed by atoms with E-state index in [1.54, 1.807) is 0 Å².